The molecule has 0 aliphatic carbocycles. The van der Waals surface area contributed by atoms with Crippen LogP contribution in [0.2, 0.25) is 0 Å². The van der Waals surface area contributed by atoms with Crippen molar-refractivity contribution in [2.75, 3.05) is 18.8 Å². The zero-order chi connectivity index (χ0) is 19.7. The molecule has 0 bridgehead atoms. The van der Waals surface area contributed by atoms with Crippen molar-refractivity contribution in [2.45, 2.75) is 12.6 Å². The predicted octanol–water partition coefficient (Wildman–Crippen LogP) is 1.28. The first-order chi connectivity index (χ1) is 12.9. The molecule has 4 N–H and O–H groups in total. The number of carbonyl (C=O) groups excluding carboxylic acids is 1. The predicted molar refractivity (Wildman–Crippen MR) is 99.8 cm³/mol. The molecule has 1 unspecified atom stereocenters. The van der Waals surface area contributed by atoms with Gasteiger partial charge in [-0.1, -0.05) is 42.5 Å². The zero-order valence-corrected chi connectivity index (χ0v) is 15.4. The maximum absolute atomic E-state index is 13.1. The Morgan fingerprint density at radius 1 is 1.07 bits per heavy atom. The number of amides is 2. The van der Waals surface area contributed by atoms with Gasteiger partial charge in [0, 0.05) is 19.6 Å². The van der Waals surface area contributed by atoms with E-state index in [0.29, 0.717) is 5.56 Å². The van der Waals surface area contributed by atoms with Crippen LogP contribution in [-0.4, -0.2) is 38.4 Å². The number of sulfonamides is 1. The van der Waals surface area contributed by atoms with E-state index in [1.165, 1.54) is 24.3 Å². The second-order valence-electron chi connectivity index (χ2n) is 5.83. The van der Waals surface area contributed by atoms with Crippen molar-refractivity contribution in [2.24, 2.45) is 0 Å². The van der Waals surface area contributed by atoms with E-state index in [-0.39, 0.29) is 25.4 Å². The summed E-state index contributed by atoms with van der Waals surface area (Å²) in [5, 5.41) is 14.7. The fourth-order valence-electron chi connectivity index (χ4n) is 2.24. The summed E-state index contributed by atoms with van der Waals surface area (Å²) in [6, 6.07) is 13.9. The van der Waals surface area contributed by atoms with E-state index in [1.54, 1.807) is 12.1 Å². The number of aliphatic hydroxyl groups excluding tert-OH is 1. The van der Waals surface area contributed by atoms with Crippen LogP contribution in [0, 0.1) is 5.82 Å². The topological polar surface area (TPSA) is 108 Å². The quantitative estimate of drug-likeness (QED) is 0.513. The normalized spacial score (nSPS) is 12.4. The third kappa shape index (κ3) is 7.73. The maximum atomic E-state index is 13.1. The number of benzene rings is 2. The van der Waals surface area contributed by atoms with Crippen molar-refractivity contribution in [1.29, 1.82) is 0 Å². The number of carbonyl (C=O) groups is 1. The molecule has 0 aromatic heterocycles. The molecule has 27 heavy (non-hydrogen) atoms. The Hall–Kier alpha value is -2.49. The number of nitrogens with one attached hydrogen (secondary N) is 3. The Morgan fingerprint density at radius 3 is 2.52 bits per heavy atom. The average Bonchev–Trinajstić information content (AvgIpc) is 2.65. The molecule has 0 aliphatic rings. The highest BCUT2D eigenvalue weighted by molar-refractivity contribution is 7.89. The van der Waals surface area contributed by atoms with Gasteiger partial charge in [0.25, 0.3) is 0 Å². The minimum atomic E-state index is -3.54. The molecular weight excluding hydrogens is 373 g/mol. The molecule has 0 saturated carbocycles. The molecule has 0 radical (unpaired) electrons. The van der Waals surface area contributed by atoms with Gasteiger partial charge in [-0.3, -0.25) is 0 Å². The van der Waals surface area contributed by atoms with Crippen molar-refractivity contribution in [3.05, 3.63) is 71.5 Å². The van der Waals surface area contributed by atoms with E-state index in [1.807, 2.05) is 18.2 Å². The number of hydrogen-bond donors (Lipinski definition) is 4. The van der Waals surface area contributed by atoms with Crippen molar-refractivity contribution < 1.29 is 22.7 Å². The Labute approximate surface area is 157 Å². The average molecular weight is 395 g/mol. The van der Waals surface area contributed by atoms with Crippen LogP contribution < -0.4 is 15.4 Å². The summed E-state index contributed by atoms with van der Waals surface area (Å²) >= 11 is 0. The third-order valence-electron chi connectivity index (χ3n) is 3.68. The number of rotatable bonds is 9. The summed E-state index contributed by atoms with van der Waals surface area (Å²) in [6.45, 7) is -0.0461. The molecule has 7 nitrogen and oxygen atoms in total. The van der Waals surface area contributed by atoms with Crippen molar-refractivity contribution in [3.8, 4) is 0 Å². The molecule has 0 heterocycles. The molecular formula is C18H22FN3O4S. The lowest BCUT2D eigenvalue weighted by Gasteiger charge is -2.13. The first kappa shape index (κ1) is 20.8. The molecule has 0 aliphatic heterocycles. The lowest BCUT2D eigenvalue weighted by molar-refractivity contribution is 0.173. The van der Waals surface area contributed by atoms with Gasteiger partial charge in [-0.15, -0.1) is 0 Å². The smallest absolute Gasteiger partial charge is 0.314 e. The van der Waals surface area contributed by atoms with Crippen LogP contribution >= 0.6 is 0 Å². The van der Waals surface area contributed by atoms with Gasteiger partial charge in [0.15, 0.2) is 0 Å². The Bertz CT molecular complexity index is 847. The van der Waals surface area contributed by atoms with Gasteiger partial charge in [0.1, 0.15) is 5.82 Å². The van der Waals surface area contributed by atoms with Gasteiger partial charge in [-0.25, -0.2) is 22.3 Å². The highest BCUT2D eigenvalue weighted by Crippen LogP contribution is 2.12. The fourth-order valence-corrected chi connectivity index (χ4v) is 3.15. The minimum absolute atomic E-state index is 0.0913. The molecule has 0 saturated heterocycles. The number of urea groups is 1. The Balaban J connectivity index is 1.67. The molecule has 9 heteroatoms. The van der Waals surface area contributed by atoms with E-state index in [4.69, 9.17) is 0 Å². The van der Waals surface area contributed by atoms with E-state index in [0.717, 1.165) is 5.56 Å². The standard InChI is InChI=1S/C18H22FN3O4S/c19-16-8-4-7-15(11-16)17(23)13-21-18(24)20-9-10-27(25,26)22-12-14-5-2-1-3-6-14/h1-8,11,17,22-23H,9-10,12-13H2,(H2,20,21,24). The molecule has 2 aromatic carbocycles. The largest absolute Gasteiger partial charge is 0.387 e. The van der Waals surface area contributed by atoms with Crippen molar-refractivity contribution in [1.82, 2.24) is 15.4 Å². The molecule has 2 aromatic rings. The van der Waals surface area contributed by atoms with E-state index < -0.39 is 28.0 Å². The molecule has 1 atom stereocenters. The van der Waals surface area contributed by atoms with Gasteiger partial charge in [-0.05, 0) is 23.3 Å². The van der Waals surface area contributed by atoms with Gasteiger partial charge in [-0.2, -0.15) is 0 Å². The lowest BCUT2D eigenvalue weighted by Crippen LogP contribution is -2.41. The summed E-state index contributed by atoms with van der Waals surface area (Å²) in [5.74, 6) is -0.760. The van der Waals surface area contributed by atoms with Crippen molar-refractivity contribution >= 4 is 16.1 Å². The van der Waals surface area contributed by atoms with Crippen LogP contribution in [-0.2, 0) is 16.6 Å². The van der Waals surface area contributed by atoms with Crippen LogP contribution in [0.3, 0.4) is 0 Å². The number of halogens is 1. The summed E-state index contributed by atoms with van der Waals surface area (Å²) < 4.78 is 39.4. The summed E-state index contributed by atoms with van der Waals surface area (Å²) in [5.41, 5.74) is 1.17. The van der Waals surface area contributed by atoms with Gasteiger partial charge >= 0.3 is 6.03 Å². The summed E-state index contributed by atoms with van der Waals surface area (Å²) in [6.07, 6.45) is -1.07. The number of aliphatic hydroxyl groups is 1. The van der Waals surface area contributed by atoms with Crippen LogP contribution in [0.25, 0.3) is 0 Å². The van der Waals surface area contributed by atoms with Crippen LogP contribution in [0.4, 0.5) is 9.18 Å². The molecule has 0 fully saturated rings. The molecule has 0 spiro atoms. The highest BCUT2D eigenvalue weighted by Gasteiger charge is 2.12. The SMILES string of the molecule is O=C(NCCS(=O)(=O)NCc1ccccc1)NCC(O)c1cccc(F)c1. The van der Waals surface area contributed by atoms with Crippen LogP contribution in [0.1, 0.15) is 17.2 Å². The summed E-state index contributed by atoms with van der Waals surface area (Å²) in [7, 11) is -3.54. The van der Waals surface area contributed by atoms with Gasteiger partial charge in [0.05, 0.1) is 11.9 Å². The third-order valence-corrected chi connectivity index (χ3v) is 5.01. The highest BCUT2D eigenvalue weighted by atomic mass is 32.2. The first-order valence-electron chi connectivity index (χ1n) is 8.32. The molecule has 2 rings (SSSR count). The number of hydrogen-bond acceptors (Lipinski definition) is 4. The van der Waals surface area contributed by atoms with E-state index in [2.05, 4.69) is 15.4 Å². The monoisotopic (exact) mass is 395 g/mol. The summed E-state index contributed by atoms with van der Waals surface area (Å²) in [4.78, 5) is 11.7. The molecule has 2 amide bonds. The van der Waals surface area contributed by atoms with E-state index >= 15 is 0 Å². The molecule has 146 valence electrons. The second kappa shape index (κ2) is 10.0. The maximum Gasteiger partial charge on any atom is 0.314 e. The Morgan fingerprint density at radius 2 is 1.81 bits per heavy atom. The minimum Gasteiger partial charge on any atom is -0.387 e. The van der Waals surface area contributed by atoms with Crippen LogP contribution in [0.5, 0.6) is 0 Å². The Kier molecular flexibility index (Phi) is 7.71. The van der Waals surface area contributed by atoms with Gasteiger partial charge in [0.2, 0.25) is 10.0 Å². The second-order valence-corrected chi connectivity index (χ2v) is 7.76. The zero-order valence-electron chi connectivity index (χ0n) is 14.6. The van der Waals surface area contributed by atoms with E-state index in [9.17, 15) is 22.7 Å². The van der Waals surface area contributed by atoms with Gasteiger partial charge < -0.3 is 15.7 Å². The lowest BCUT2D eigenvalue weighted by atomic mass is 10.1. The van der Waals surface area contributed by atoms with Crippen molar-refractivity contribution in [3.63, 3.8) is 0 Å². The fraction of sp³-hybridized carbons (Fsp3) is 0.278. The van der Waals surface area contributed by atoms with Crippen LogP contribution in [0.15, 0.2) is 54.6 Å². The first-order valence-corrected chi connectivity index (χ1v) is 9.97.